The van der Waals surface area contributed by atoms with E-state index in [1.165, 1.54) is 0 Å². The quantitative estimate of drug-likeness (QED) is 0.688. The summed E-state index contributed by atoms with van der Waals surface area (Å²) < 4.78 is 5.13. The van der Waals surface area contributed by atoms with Gasteiger partial charge < -0.3 is 15.2 Å². The first-order valence-electron chi connectivity index (χ1n) is 5.51. The predicted molar refractivity (Wildman–Crippen MR) is 59.9 cm³/mol. The fraction of sp³-hybridized carbons (Fsp3) is 0.800. The van der Waals surface area contributed by atoms with Crippen molar-refractivity contribution >= 4 is 5.95 Å². The zero-order valence-electron chi connectivity index (χ0n) is 9.57. The molecule has 1 rings (SSSR count). The maximum atomic E-state index is 5.41. The number of aryl methyl sites for hydroxylation is 1. The first-order chi connectivity index (χ1) is 7.27. The lowest BCUT2D eigenvalue weighted by atomic mass is 10.2. The average Bonchev–Trinajstić information content (AvgIpc) is 2.72. The second-order valence-electron chi connectivity index (χ2n) is 3.60. The minimum atomic E-state index is 0.673. The highest BCUT2D eigenvalue weighted by molar-refractivity contribution is 5.24. The van der Waals surface area contributed by atoms with Gasteiger partial charge in [-0.1, -0.05) is 6.42 Å². The Morgan fingerprint density at radius 2 is 2.13 bits per heavy atom. The van der Waals surface area contributed by atoms with E-state index in [0.717, 1.165) is 44.7 Å². The second kappa shape index (κ2) is 6.40. The third-order valence-electron chi connectivity index (χ3n) is 2.37. The lowest BCUT2D eigenvalue weighted by molar-refractivity contribution is 0.373. The van der Waals surface area contributed by atoms with Crippen molar-refractivity contribution in [2.45, 2.75) is 32.6 Å². The Balaban J connectivity index is 2.33. The number of hydrogen-bond donors (Lipinski definition) is 1. The molecule has 0 radical (unpaired) electrons. The minimum Gasteiger partial charge on any atom is -0.342 e. The summed E-state index contributed by atoms with van der Waals surface area (Å²) in [6.45, 7) is 3.69. The lowest BCUT2D eigenvalue weighted by Gasteiger charge is -2.08. The maximum absolute atomic E-state index is 5.41. The third-order valence-corrected chi connectivity index (χ3v) is 2.37. The number of aromatic nitrogens is 2. The van der Waals surface area contributed by atoms with Crippen molar-refractivity contribution in [1.82, 2.24) is 10.1 Å². The molecule has 0 fully saturated rings. The van der Waals surface area contributed by atoms with E-state index >= 15 is 0 Å². The van der Waals surface area contributed by atoms with Crippen molar-refractivity contribution in [2.24, 2.45) is 5.73 Å². The van der Waals surface area contributed by atoms with Crippen molar-refractivity contribution in [3.63, 3.8) is 0 Å². The summed E-state index contributed by atoms with van der Waals surface area (Å²) in [5.41, 5.74) is 5.41. The molecule has 1 aromatic rings. The summed E-state index contributed by atoms with van der Waals surface area (Å²) in [7, 11) is 1.95. The molecule has 2 N–H and O–H groups in total. The molecule has 15 heavy (non-hydrogen) atoms. The zero-order valence-corrected chi connectivity index (χ0v) is 9.57. The largest absolute Gasteiger partial charge is 0.342 e. The molecule has 0 atom stereocenters. The van der Waals surface area contributed by atoms with Gasteiger partial charge in [0.05, 0.1) is 0 Å². The standard InChI is InChI=1S/C10H20N4O/c1-3-14(2)10-12-9(15-13-10)7-5-4-6-8-11/h3-8,11H2,1-2H3. The smallest absolute Gasteiger partial charge is 0.265 e. The molecule has 0 aliphatic rings. The summed E-state index contributed by atoms with van der Waals surface area (Å²) in [4.78, 5) is 6.25. The highest BCUT2D eigenvalue weighted by Crippen LogP contribution is 2.09. The van der Waals surface area contributed by atoms with E-state index in [1.807, 2.05) is 11.9 Å². The number of hydrogen-bond acceptors (Lipinski definition) is 5. The van der Waals surface area contributed by atoms with Gasteiger partial charge in [-0.25, -0.2) is 0 Å². The van der Waals surface area contributed by atoms with Gasteiger partial charge in [-0.05, 0) is 31.5 Å². The van der Waals surface area contributed by atoms with E-state index in [2.05, 4.69) is 17.1 Å². The fourth-order valence-electron chi connectivity index (χ4n) is 1.24. The molecule has 0 spiro atoms. The Bertz CT molecular complexity index is 274. The monoisotopic (exact) mass is 212 g/mol. The Morgan fingerprint density at radius 1 is 1.33 bits per heavy atom. The Labute approximate surface area is 90.6 Å². The molecule has 0 saturated heterocycles. The summed E-state index contributed by atoms with van der Waals surface area (Å²) in [6, 6.07) is 0. The summed E-state index contributed by atoms with van der Waals surface area (Å²) in [5.74, 6) is 1.40. The van der Waals surface area contributed by atoms with Gasteiger partial charge in [0.1, 0.15) is 0 Å². The Morgan fingerprint density at radius 3 is 2.80 bits per heavy atom. The highest BCUT2D eigenvalue weighted by atomic mass is 16.5. The third kappa shape index (κ3) is 3.87. The molecule has 5 nitrogen and oxygen atoms in total. The van der Waals surface area contributed by atoms with E-state index in [9.17, 15) is 0 Å². The maximum Gasteiger partial charge on any atom is 0.265 e. The van der Waals surface area contributed by atoms with Gasteiger partial charge in [0.2, 0.25) is 5.89 Å². The molecule has 0 unspecified atom stereocenters. The minimum absolute atomic E-state index is 0.673. The van der Waals surface area contributed by atoms with E-state index in [1.54, 1.807) is 0 Å². The van der Waals surface area contributed by atoms with Crippen LogP contribution in [0.2, 0.25) is 0 Å². The molecule has 5 heteroatoms. The Kier molecular flexibility index (Phi) is 5.10. The lowest BCUT2D eigenvalue weighted by Crippen LogP contribution is -2.17. The SMILES string of the molecule is CCN(C)c1noc(CCCCCN)n1. The van der Waals surface area contributed by atoms with Crippen molar-refractivity contribution in [2.75, 3.05) is 25.0 Å². The van der Waals surface area contributed by atoms with Gasteiger partial charge in [-0.3, -0.25) is 0 Å². The number of nitrogens with zero attached hydrogens (tertiary/aromatic N) is 3. The van der Waals surface area contributed by atoms with Crippen LogP contribution in [0.4, 0.5) is 5.95 Å². The molecule has 0 amide bonds. The predicted octanol–water partition coefficient (Wildman–Crippen LogP) is 1.20. The van der Waals surface area contributed by atoms with E-state index < -0.39 is 0 Å². The highest BCUT2D eigenvalue weighted by Gasteiger charge is 2.08. The van der Waals surface area contributed by atoms with Crippen LogP contribution in [0.5, 0.6) is 0 Å². The van der Waals surface area contributed by atoms with Crippen LogP contribution < -0.4 is 10.6 Å². The second-order valence-corrected chi connectivity index (χ2v) is 3.60. The van der Waals surface area contributed by atoms with E-state index in [4.69, 9.17) is 10.3 Å². The van der Waals surface area contributed by atoms with Gasteiger partial charge in [0.25, 0.3) is 5.95 Å². The normalized spacial score (nSPS) is 10.6. The van der Waals surface area contributed by atoms with Crippen LogP contribution in [-0.2, 0) is 6.42 Å². The summed E-state index contributed by atoms with van der Waals surface area (Å²) in [5, 5.41) is 3.90. The molecule has 0 bridgehead atoms. The van der Waals surface area contributed by atoms with Crippen LogP contribution in [0.25, 0.3) is 0 Å². The van der Waals surface area contributed by atoms with Gasteiger partial charge in [-0.15, -0.1) is 0 Å². The molecule has 0 aromatic carbocycles. The van der Waals surface area contributed by atoms with Crippen LogP contribution in [0.15, 0.2) is 4.52 Å². The first-order valence-corrected chi connectivity index (χ1v) is 5.51. The molecular formula is C10H20N4O. The molecule has 1 aromatic heterocycles. The molecule has 1 heterocycles. The molecule has 0 saturated carbocycles. The Hall–Kier alpha value is -1.10. The number of unbranched alkanes of at least 4 members (excludes halogenated alkanes) is 2. The fourth-order valence-corrected chi connectivity index (χ4v) is 1.24. The van der Waals surface area contributed by atoms with Crippen LogP contribution in [0.1, 0.15) is 32.1 Å². The number of anilines is 1. The molecule has 0 aliphatic heterocycles. The zero-order chi connectivity index (χ0) is 11.1. The van der Waals surface area contributed by atoms with Crippen molar-refractivity contribution in [1.29, 1.82) is 0 Å². The van der Waals surface area contributed by atoms with Crippen LogP contribution >= 0.6 is 0 Å². The van der Waals surface area contributed by atoms with Crippen molar-refractivity contribution < 1.29 is 4.52 Å². The molecule has 0 aliphatic carbocycles. The number of nitrogens with two attached hydrogens (primary N) is 1. The number of rotatable bonds is 7. The first kappa shape index (κ1) is 12.0. The van der Waals surface area contributed by atoms with Gasteiger partial charge in [0, 0.05) is 20.0 Å². The van der Waals surface area contributed by atoms with Gasteiger partial charge in [-0.2, -0.15) is 4.98 Å². The summed E-state index contributed by atoms with van der Waals surface area (Å²) >= 11 is 0. The van der Waals surface area contributed by atoms with E-state index in [-0.39, 0.29) is 0 Å². The topological polar surface area (TPSA) is 68.2 Å². The van der Waals surface area contributed by atoms with E-state index in [0.29, 0.717) is 5.95 Å². The molecular weight excluding hydrogens is 192 g/mol. The van der Waals surface area contributed by atoms with Gasteiger partial charge in [0.15, 0.2) is 0 Å². The van der Waals surface area contributed by atoms with Crippen LogP contribution in [-0.4, -0.2) is 30.3 Å². The van der Waals surface area contributed by atoms with Crippen molar-refractivity contribution in [3.05, 3.63) is 5.89 Å². The average molecular weight is 212 g/mol. The summed E-state index contributed by atoms with van der Waals surface area (Å²) in [6.07, 6.45) is 4.10. The van der Waals surface area contributed by atoms with Crippen LogP contribution in [0, 0.1) is 0 Å². The molecule has 86 valence electrons. The van der Waals surface area contributed by atoms with Crippen LogP contribution in [0.3, 0.4) is 0 Å². The van der Waals surface area contributed by atoms with Crippen molar-refractivity contribution in [3.8, 4) is 0 Å². The van der Waals surface area contributed by atoms with Gasteiger partial charge >= 0.3 is 0 Å².